The average Bonchev–Trinajstić information content (AvgIpc) is 3.33. The van der Waals surface area contributed by atoms with Gasteiger partial charge in [-0.2, -0.15) is 5.10 Å². The van der Waals surface area contributed by atoms with Crippen LogP contribution in [0.4, 0.5) is 0 Å². The Hall–Kier alpha value is -3.38. The summed E-state index contributed by atoms with van der Waals surface area (Å²) in [5, 5.41) is 14.6. The molecule has 1 aliphatic heterocycles. The number of fused-ring (bicyclic) bond motifs is 1. The van der Waals surface area contributed by atoms with Gasteiger partial charge >= 0.3 is 0 Å². The Kier molecular flexibility index (Phi) is 4.64. The summed E-state index contributed by atoms with van der Waals surface area (Å²) in [6.45, 7) is 6.61. The average molecular weight is 399 g/mol. The highest BCUT2D eigenvalue weighted by molar-refractivity contribution is 5.39. The van der Waals surface area contributed by atoms with Gasteiger partial charge in [0, 0.05) is 31.2 Å². The number of phenols is 1. The Morgan fingerprint density at radius 2 is 1.97 bits per heavy atom. The molecule has 0 saturated carbocycles. The van der Waals surface area contributed by atoms with Crippen LogP contribution in [0.2, 0.25) is 0 Å². The van der Waals surface area contributed by atoms with E-state index >= 15 is 0 Å². The first kappa shape index (κ1) is 18.6. The standard InChI is InChI=1S/C24H25N5O/c1-16-9-17(2)29(27-16)20-7-3-5-18(10-20)12-28-13-22(19-6-4-8-21(30)11-19)24-23(14-28)25-15-26-24/h3-11,15,22,30H,12-14H2,1-2H3,(H,25,26). The Morgan fingerprint density at radius 1 is 1.10 bits per heavy atom. The topological polar surface area (TPSA) is 70.0 Å². The third-order valence-corrected chi connectivity index (χ3v) is 5.75. The Bertz CT molecular complexity index is 1190. The van der Waals surface area contributed by atoms with Gasteiger partial charge in [0.1, 0.15) is 5.75 Å². The molecule has 0 bridgehead atoms. The monoisotopic (exact) mass is 399 g/mol. The van der Waals surface area contributed by atoms with Crippen LogP contribution in [0.5, 0.6) is 5.75 Å². The van der Waals surface area contributed by atoms with Crippen LogP contribution in [0.15, 0.2) is 60.9 Å². The molecule has 0 radical (unpaired) electrons. The van der Waals surface area contributed by atoms with E-state index in [9.17, 15) is 5.11 Å². The Labute approximate surface area is 175 Å². The summed E-state index contributed by atoms with van der Waals surface area (Å²) in [7, 11) is 0. The number of hydrogen-bond donors (Lipinski definition) is 2. The van der Waals surface area contributed by atoms with Crippen molar-refractivity contribution in [2.45, 2.75) is 32.9 Å². The Balaban J connectivity index is 1.42. The zero-order valence-electron chi connectivity index (χ0n) is 17.2. The number of aromatic nitrogens is 4. The molecule has 6 nitrogen and oxygen atoms in total. The lowest BCUT2D eigenvalue weighted by Crippen LogP contribution is -2.33. The van der Waals surface area contributed by atoms with Crippen LogP contribution in [0.1, 0.15) is 39.8 Å². The second-order valence-corrected chi connectivity index (χ2v) is 8.09. The van der Waals surface area contributed by atoms with E-state index in [2.05, 4.69) is 63.3 Å². The number of H-pyrrole nitrogens is 1. The highest BCUT2D eigenvalue weighted by Crippen LogP contribution is 2.33. The predicted molar refractivity (Wildman–Crippen MR) is 116 cm³/mol. The van der Waals surface area contributed by atoms with E-state index < -0.39 is 0 Å². The summed E-state index contributed by atoms with van der Waals surface area (Å²) in [5.74, 6) is 0.422. The molecule has 0 aliphatic carbocycles. The lowest BCUT2D eigenvalue weighted by atomic mass is 9.90. The minimum Gasteiger partial charge on any atom is -0.508 e. The number of aromatic amines is 1. The van der Waals surface area contributed by atoms with Crippen molar-refractivity contribution in [2.75, 3.05) is 6.54 Å². The summed E-state index contributed by atoms with van der Waals surface area (Å²) in [5.41, 5.74) is 7.80. The summed E-state index contributed by atoms with van der Waals surface area (Å²) in [4.78, 5) is 10.3. The minimum absolute atomic E-state index is 0.131. The van der Waals surface area contributed by atoms with Gasteiger partial charge in [0.25, 0.3) is 0 Å². The fraction of sp³-hybridized carbons (Fsp3) is 0.250. The highest BCUT2D eigenvalue weighted by Gasteiger charge is 2.29. The molecule has 30 heavy (non-hydrogen) atoms. The lowest BCUT2D eigenvalue weighted by Gasteiger charge is -2.32. The second-order valence-electron chi connectivity index (χ2n) is 8.09. The molecule has 2 N–H and O–H groups in total. The maximum Gasteiger partial charge on any atom is 0.115 e. The first-order chi connectivity index (χ1) is 14.6. The fourth-order valence-corrected chi connectivity index (χ4v) is 4.45. The number of benzene rings is 2. The van der Waals surface area contributed by atoms with E-state index in [4.69, 9.17) is 0 Å². The summed E-state index contributed by atoms with van der Waals surface area (Å²) >= 11 is 0. The first-order valence-electron chi connectivity index (χ1n) is 10.2. The summed E-state index contributed by atoms with van der Waals surface area (Å²) < 4.78 is 2.00. The fourth-order valence-electron chi connectivity index (χ4n) is 4.45. The highest BCUT2D eigenvalue weighted by atomic mass is 16.3. The maximum atomic E-state index is 9.96. The van der Waals surface area contributed by atoms with Gasteiger partial charge in [-0.25, -0.2) is 9.67 Å². The molecule has 4 aromatic rings. The molecular weight excluding hydrogens is 374 g/mol. The van der Waals surface area contributed by atoms with Crippen molar-refractivity contribution in [3.63, 3.8) is 0 Å². The van der Waals surface area contributed by atoms with Crippen molar-refractivity contribution in [1.82, 2.24) is 24.6 Å². The molecule has 2 aromatic heterocycles. The molecule has 6 heteroatoms. The van der Waals surface area contributed by atoms with Crippen LogP contribution >= 0.6 is 0 Å². The van der Waals surface area contributed by atoms with E-state index in [-0.39, 0.29) is 5.92 Å². The maximum absolute atomic E-state index is 9.96. The van der Waals surface area contributed by atoms with Gasteiger partial charge in [0.2, 0.25) is 0 Å². The number of aromatic hydroxyl groups is 1. The SMILES string of the molecule is Cc1cc(C)n(-c2cccc(CN3Cc4[nH]cnc4C(c4cccc(O)c4)C3)c2)n1. The van der Waals surface area contributed by atoms with Crippen LogP contribution in [-0.4, -0.2) is 36.3 Å². The van der Waals surface area contributed by atoms with Gasteiger partial charge in [-0.1, -0.05) is 24.3 Å². The largest absolute Gasteiger partial charge is 0.508 e. The molecule has 152 valence electrons. The third kappa shape index (κ3) is 3.50. The van der Waals surface area contributed by atoms with E-state index in [0.717, 1.165) is 53.7 Å². The number of nitrogens with one attached hydrogen (secondary N) is 1. The molecule has 1 atom stereocenters. The molecule has 3 heterocycles. The number of phenolic OH excluding ortho intramolecular Hbond substituents is 1. The molecule has 5 rings (SSSR count). The lowest BCUT2D eigenvalue weighted by molar-refractivity contribution is 0.227. The van der Waals surface area contributed by atoms with Crippen LogP contribution in [-0.2, 0) is 13.1 Å². The van der Waals surface area contributed by atoms with Crippen molar-refractivity contribution in [3.8, 4) is 11.4 Å². The number of hydrogen-bond acceptors (Lipinski definition) is 4. The number of aryl methyl sites for hydroxylation is 2. The molecule has 1 aliphatic rings. The van der Waals surface area contributed by atoms with Crippen molar-refractivity contribution in [1.29, 1.82) is 0 Å². The normalized spacial score (nSPS) is 16.5. The number of imidazole rings is 1. The summed E-state index contributed by atoms with van der Waals surface area (Å²) in [6, 6.07) is 18.2. The number of nitrogens with zero attached hydrogens (tertiary/aromatic N) is 4. The van der Waals surface area contributed by atoms with Gasteiger partial charge in [0.05, 0.1) is 29.1 Å². The van der Waals surface area contributed by atoms with E-state index in [0.29, 0.717) is 5.75 Å². The molecule has 0 amide bonds. The predicted octanol–water partition coefficient (Wildman–Crippen LogP) is 4.07. The smallest absolute Gasteiger partial charge is 0.115 e. The van der Waals surface area contributed by atoms with E-state index in [1.54, 1.807) is 12.4 Å². The molecule has 0 spiro atoms. The van der Waals surface area contributed by atoms with Gasteiger partial charge in [-0.15, -0.1) is 0 Å². The quantitative estimate of drug-likeness (QED) is 0.543. The third-order valence-electron chi connectivity index (χ3n) is 5.75. The molecule has 1 unspecified atom stereocenters. The summed E-state index contributed by atoms with van der Waals surface area (Å²) in [6.07, 6.45) is 1.77. The number of rotatable bonds is 4. The van der Waals surface area contributed by atoms with Crippen molar-refractivity contribution < 1.29 is 5.11 Å². The van der Waals surface area contributed by atoms with E-state index in [1.165, 1.54) is 5.56 Å². The van der Waals surface area contributed by atoms with Crippen molar-refractivity contribution in [3.05, 3.63) is 94.8 Å². The second kappa shape index (κ2) is 7.46. The Morgan fingerprint density at radius 3 is 2.77 bits per heavy atom. The van der Waals surface area contributed by atoms with Crippen LogP contribution < -0.4 is 0 Å². The van der Waals surface area contributed by atoms with E-state index in [1.807, 2.05) is 23.7 Å². The minimum atomic E-state index is 0.131. The molecule has 2 aromatic carbocycles. The molecule has 0 fully saturated rings. The van der Waals surface area contributed by atoms with Crippen LogP contribution in [0.3, 0.4) is 0 Å². The van der Waals surface area contributed by atoms with Gasteiger partial charge in [-0.3, -0.25) is 4.90 Å². The molecular formula is C24H25N5O. The van der Waals surface area contributed by atoms with Gasteiger partial charge < -0.3 is 10.1 Å². The van der Waals surface area contributed by atoms with Gasteiger partial charge in [0.15, 0.2) is 0 Å². The van der Waals surface area contributed by atoms with Crippen molar-refractivity contribution >= 4 is 0 Å². The van der Waals surface area contributed by atoms with Crippen LogP contribution in [0.25, 0.3) is 5.69 Å². The van der Waals surface area contributed by atoms with Gasteiger partial charge in [-0.05, 0) is 55.3 Å². The first-order valence-corrected chi connectivity index (χ1v) is 10.2. The van der Waals surface area contributed by atoms with Crippen molar-refractivity contribution in [2.24, 2.45) is 0 Å². The molecule has 0 saturated heterocycles. The zero-order chi connectivity index (χ0) is 20.7. The zero-order valence-corrected chi connectivity index (χ0v) is 17.2. The van der Waals surface area contributed by atoms with Crippen LogP contribution in [0, 0.1) is 13.8 Å².